The number of rotatable bonds is 8. The van der Waals surface area contributed by atoms with Gasteiger partial charge in [0.2, 0.25) is 5.95 Å². The largest absolute Gasteiger partial charge is 0.351 e. The third-order valence-electron chi connectivity index (χ3n) is 5.61. The average molecular weight is 520 g/mol. The molecule has 184 valence electrons. The molecule has 1 aliphatic rings. The van der Waals surface area contributed by atoms with Crippen molar-refractivity contribution in [2.24, 2.45) is 0 Å². The van der Waals surface area contributed by atoms with Gasteiger partial charge in [0, 0.05) is 50.7 Å². The molecule has 3 N–H and O–H groups in total. The van der Waals surface area contributed by atoms with Crippen molar-refractivity contribution in [3.63, 3.8) is 0 Å². The summed E-state index contributed by atoms with van der Waals surface area (Å²) in [5.41, 5.74) is 1.02. The van der Waals surface area contributed by atoms with Crippen molar-refractivity contribution < 1.29 is 8.42 Å². The predicted octanol–water partition coefficient (Wildman–Crippen LogP) is 4.75. The number of nitrogens with zero attached hydrogens (tertiary/aromatic N) is 2. The predicted molar refractivity (Wildman–Crippen MR) is 143 cm³/mol. The van der Waals surface area contributed by atoms with Gasteiger partial charge in [-0.05, 0) is 70.9 Å². The van der Waals surface area contributed by atoms with Crippen molar-refractivity contribution in [3.8, 4) is 20.3 Å². The SMILES string of the molecule is CC1(C)CC(Nc2nccc(-c3ccc(-c4ccc(CNCS(C)(=O)=O)s4)s3)n2)CC(C)(C)N1. The molecule has 0 aromatic carbocycles. The van der Waals surface area contributed by atoms with Gasteiger partial charge >= 0.3 is 0 Å². The van der Waals surface area contributed by atoms with E-state index >= 15 is 0 Å². The van der Waals surface area contributed by atoms with Gasteiger partial charge in [0.15, 0.2) is 9.84 Å². The second-order valence-corrected chi connectivity index (χ2v) is 14.7. The van der Waals surface area contributed by atoms with Gasteiger partial charge in [-0.2, -0.15) is 0 Å². The van der Waals surface area contributed by atoms with Crippen LogP contribution >= 0.6 is 22.7 Å². The molecule has 3 aromatic heterocycles. The van der Waals surface area contributed by atoms with E-state index in [4.69, 9.17) is 4.98 Å². The average Bonchev–Trinajstić information content (AvgIpc) is 3.34. The molecule has 0 atom stereocenters. The molecule has 0 unspecified atom stereocenters. The van der Waals surface area contributed by atoms with Gasteiger partial charge in [0.25, 0.3) is 0 Å². The van der Waals surface area contributed by atoms with Gasteiger partial charge in [0.1, 0.15) is 0 Å². The Morgan fingerprint density at radius 2 is 1.65 bits per heavy atom. The van der Waals surface area contributed by atoms with Crippen LogP contribution in [-0.2, 0) is 16.4 Å². The topological polar surface area (TPSA) is 96.0 Å². The Morgan fingerprint density at radius 1 is 1.00 bits per heavy atom. The lowest BCUT2D eigenvalue weighted by atomic mass is 9.80. The fourth-order valence-electron chi connectivity index (χ4n) is 4.75. The molecule has 34 heavy (non-hydrogen) atoms. The summed E-state index contributed by atoms with van der Waals surface area (Å²) in [5.74, 6) is 0.654. The summed E-state index contributed by atoms with van der Waals surface area (Å²) >= 11 is 3.37. The molecule has 0 aliphatic carbocycles. The fraction of sp³-hybridized carbons (Fsp3) is 0.500. The number of sulfone groups is 1. The minimum atomic E-state index is -3.02. The minimum Gasteiger partial charge on any atom is -0.351 e. The van der Waals surface area contributed by atoms with Crippen LogP contribution in [0.3, 0.4) is 0 Å². The van der Waals surface area contributed by atoms with Crippen LogP contribution < -0.4 is 16.0 Å². The van der Waals surface area contributed by atoms with Crippen molar-refractivity contribution in [3.05, 3.63) is 41.4 Å². The Kier molecular flexibility index (Phi) is 7.17. The molecule has 0 spiro atoms. The second-order valence-electron chi connectivity index (χ2n) is 10.3. The third kappa shape index (κ3) is 6.85. The van der Waals surface area contributed by atoms with E-state index in [-0.39, 0.29) is 17.0 Å². The summed E-state index contributed by atoms with van der Waals surface area (Å²) < 4.78 is 22.6. The van der Waals surface area contributed by atoms with E-state index < -0.39 is 9.84 Å². The highest BCUT2D eigenvalue weighted by Gasteiger charge is 2.37. The van der Waals surface area contributed by atoms with Crippen LogP contribution in [0.4, 0.5) is 5.95 Å². The Bertz CT molecular complexity index is 1230. The van der Waals surface area contributed by atoms with E-state index in [2.05, 4.69) is 66.8 Å². The monoisotopic (exact) mass is 519 g/mol. The number of anilines is 1. The zero-order valence-corrected chi connectivity index (χ0v) is 22.8. The zero-order valence-electron chi connectivity index (χ0n) is 20.3. The van der Waals surface area contributed by atoms with Crippen LogP contribution in [0, 0.1) is 0 Å². The maximum absolute atomic E-state index is 11.3. The number of aromatic nitrogens is 2. The number of hydrogen-bond donors (Lipinski definition) is 3. The Balaban J connectivity index is 1.44. The molecule has 1 fully saturated rings. The van der Waals surface area contributed by atoms with Crippen molar-refractivity contribution in [2.45, 2.75) is 64.2 Å². The van der Waals surface area contributed by atoms with Crippen LogP contribution in [-0.4, -0.2) is 47.6 Å². The van der Waals surface area contributed by atoms with E-state index in [1.165, 1.54) is 16.0 Å². The van der Waals surface area contributed by atoms with Crippen LogP contribution in [0.15, 0.2) is 36.5 Å². The van der Waals surface area contributed by atoms with E-state index in [0.29, 0.717) is 18.5 Å². The quantitative estimate of drug-likeness (QED) is 0.395. The highest BCUT2D eigenvalue weighted by Crippen LogP contribution is 2.37. The van der Waals surface area contributed by atoms with Gasteiger partial charge in [-0.1, -0.05) is 0 Å². The van der Waals surface area contributed by atoms with E-state index in [9.17, 15) is 8.42 Å². The van der Waals surface area contributed by atoms with E-state index in [1.54, 1.807) is 22.7 Å². The van der Waals surface area contributed by atoms with E-state index in [0.717, 1.165) is 28.3 Å². The van der Waals surface area contributed by atoms with Gasteiger partial charge < -0.3 is 10.6 Å². The maximum atomic E-state index is 11.3. The lowest BCUT2D eigenvalue weighted by Gasteiger charge is -2.46. The number of thiophene rings is 2. The molecule has 1 aliphatic heterocycles. The summed E-state index contributed by atoms with van der Waals surface area (Å²) in [6, 6.07) is 10.6. The number of nitrogens with one attached hydrogen (secondary N) is 3. The van der Waals surface area contributed by atoms with Gasteiger partial charge in [-0.25, -0.2) is 18.4 Å². The zero-order chi connectivity index (χ0) is 24.6. The highest BCUT2D eigenvalue weighted by molar-refractivity contribution is 7.90. The third-order valence-corrected chi connectivity index (χ3v) is 8.72. The normalized spacial score (nSPS) is 18.1. The standard InChI is InChI=1S/C24H33N5O2S3/c1-23(2)12-16(13-24(3,4)29-23)27-22-26-11-10-18(28-22)19-8-9-21(33-19)20-7-6-17(32-20)14-25-15-34(5,30)31/h6-11,16,25,29H,12-15H2,1-5H3,(H,26,27,28). The maximum Gasteiger partial charge on any atom is 0.223 e. The van der Waals surface area contributed by atoms with Crippen LogP contribution in [0.5, 0.6) is 0 Å². The summed E-state index contributed by atoms with van der Waals surface area (Å²) in [6.07, 6.45) is 5.06. The second kappa shape index (κ2) is 9.66. The Labute approximate surface area is 210 Å². The molecular weight excluding hydrogens is 486 g/mol. The van der Waals surface area contributed by atoms with Gasteiger partial charge in [-0.3, -0.25) is 5.32 Å². The molecule has 4 heterocycles. The first-order valence-corrected chi connectivity index (χ1v) is 15.0. The first-order valence-electron chi connectivity index (χ1n) is 11.3. The van der Waals surface area contributed by atoms with Crippen molar-refractivity contribution in [2.75, 3.05) is 17.4 Å². The van der Waals surface area contributed by atoms with Crippen molar-refractivity contribution in [1.82, 2.24) is 20.6 Å². The molecule has 0 saturated carbocycles. The Hall–Kier alpha value is -1.85. The minimum absolute atomic E-state index is 0.0141. The fourth-order valence-corrected chi connectivity index (χ4v) is 7.26. The van der Waals surface area contributed by atoms with Crippen molar-refractivity contribution in [1.29, 1.82) is 0 Å². The molecule has 10 heteroatoms. The van der Waals surface area contributed by atoms with Crippen LogP contribution in [0.2, 0.25) is 0 Å². The first kappa shape index (κ1) is 25.2. The van der Waals surface area contributed by atoms with Crippen LogP contribution in [0.25, 0.3) is 20.3 Å². The molecule has 0 radical (unpaired) electrons. The van der Waals surface area contributed by atoms with Gasteiger partial charge in [-0.15, -0.1) is 22.7 Å². The molecular formula is C24H33N5O2S3. The molecule has 1 saturated heterocycles. The van der Waals surface area contributed by atoms with E-state index in [1.807, 2.05) is 18.3 Å². The summed E-state index contributed by atoms with van der Waals surface area (Å²) in [4.78, 5) is 13.8. The lowest BCUT2D eigenvalue weighted by molar-refractivity contribution is 0.170. The van der Waals surface area contributed by atoms with Crippen LogP contribution in [0.1, 0.15) is 45.4 Å². The molecule has 7 nitrogen and oxygen atoms in total. The van der Waals surface area contributed by atoms with Crippen molar-refractivity contribution >= 4 is 38.5 Å². The highest BCUT2D eigenvalue weighted by atomic mass is 32.2. The first-order chi connectivity index (χ1) is 15.9. The lowest BCUT2D eigenvalue weighted by Crippen LogP contribution is -2.60. The molecule has 3 aromatic rings. The van der Waals surface area contributed by atoms with Gasteiger partial charge in [0.05, 0.1) is 16.4 Å². The Morgan fingerprint density at radius 3 is 2.35 bits per heavy atom. The summed E-state index contributed by atoms with van der Waals surface area (Å²) in [6.45, 7) is 9.51. The molecule has 4 rings (SSSR count). The molecule has 0 bridgehead atoms. The number of piperidine rings is 1. The molecule has 0 amide bonds. The summed E-state index contributed by atoms with van der Waals surface area (Å²) in [7, 11) is -3.02. The number of hydrogen-bond acceptors (Lipinski definition) is 9. The smallest absolute Gasteiger partial charge is 0.223 e. The summed E-state index contributed by atoms with van der Waals surface area (Å²) in [5, 5.41) is 10.3.